The molecule has 0 unspecified atom stereocenters. The van der Waals surface area contributed by atoms with Crippen LogP contribution in [-0.2, 0) is 16.0 Å². The molecule has 9 heteroatoms. The molecule has 0 saturated heterocycles. The van der Waals surface area contributed by atoms with E-state index >= 15 is 0 Å². The minimum atomic E-state index is 0.00811. The van der Waals surface area contributed by atoms with Gasteiger partial charge in [0, 0.05) is 36.7 Å². The molecule has 0 atom stereocenters. The van der Waals surface area contributed by atoms with Crippen molar-refractivity contribution in [3.63, 3.8) is 0 Å². The first-order chi connectivity index (χ1) is 17.5. The van der Waals surface area contributed by atoms with Gasteiger partial charge in [-0.15, -0.1) is 0 Å². The number of fused-ring (bicyclic) bond motifs is 1. The van der Waals surface area contributed by atoms with E-state index in [0.717, 1.165) is 54.4 Å². The predicted molar refractivity (Wildman–Crippen MR) is 141 cm³/mol. The van der Waals surface area contributed by atoms with Gasteiger partial charge in [-0.3, -0.25) is 9.59 Å². The van der Waals surface area contributed by atoms with Crippen molar-refractivity contribution in [2.75, 3.05) is 32.6 Å². The molecule has 0 aliphatic carbocycles. The number of rotatable bonds is 14. The molecular weight excluding hydrogens is 458 g/mol. The Morgan fingerprint density at radius 2 is 1.47 bits per heavy atom. The summed E-state index contributed by atoms with van der Waals surface area (Å²) >= 11 is 0. The quantitative estimate of drug-likeness (QED) is 0.289. The zero-order chi connectivity index (χ0) is 25.8. The first kappa shape index (κ1) is 26.7. The Morgan fingerprint density at radius 1 is 0.833 bits per heavy atom. The lowest BCUT2D eigenvalue weighted by molar-refractivity contribution is -0.121. The number of methoxy groups -OCH3 is 2. The molecule has 0 saturated carbocycles. The molecule has 0 bridgehead atoms. The maximum absolute atomic E-state index is 12.3. The zero-order valence-electron chi connectivity index (χ0n) is 21.2. The number of anilines is 2. The Balaban J connectivity index is 1.45. The van der Waals surface area contributed by atoms with Crippen LogP contribution in [0.3, 0.4) is 0 Å². The van der Waals surface area contributed by atoms with Crippen LogP contribution in [0, 0.1) is 0 Å². The van der Waals surface area contributed by atoms with Crippen LogP contribution in [0.5, 0.6) is 11.5 Å². The SMILES string of the molecule is CCC(=O)NCCCCCCNC(=O)Cc1ccc(Nc2ncnc3cc(OC)c(OC)cc23)cc1. The van der Waals surface area contributed by atoms with Crippen molar-refractivity contribution in [1.82, 2.24) is 20.6 Å². The molecule has 3 N–H and O–H groups in total. The van der Waals surface area contributed by atoms with Crippen molar-refractivity contribution >= 4 is 34.2 Å². The Morgan fingerprint density at radius 3 is 2.11 bits per heavy atom. The molecule has 3 aromatic rings. The second-order valence-electron chi connectivity index (χ2n) is 8.41. The van der Waals surface area contributed by atoms with Crippen LogP contribution in [-0.4, -0.2) is 49.1 Å². The van der Waals surface area contributed by atoms with E-state index in [-0.39, 0.29) is 11.8 Å². The Bertz CT molecular complexity index is 1150. The summed E-state index contributed by atoms with van der Waals surface area (Å²) < 4.78 is 10.8. The number of nitrogens with one attached hydrogen (secondary N) is 3. The Kier molecular flexibility index (Phi) is 10.3. The normalized spacial score (nSPS) is 10.6. The summed E-state index contributed by atoms with van der Waals surface area (Å²) in [6.07, 6.45) is 6.31. The average molecular weight is 494 g/mol. The number of benzene rings is 2. The fraction of sp³-hybridized carbons (Fsp3) is 0.407. The largest absolute Gasteiger partial charge is 0.493 e. The van der Waals surface area contributed by atoms with E-state index in [2.05, 4.69) is 25.9 Å². The van der Waals surface area contributed by atoms with Gasteiger partial charge in [0.15, 0.2) is 11.5 Å². The van der Waals surface area contributed by atoms with E-state index in [4.69, 9.17) is 9.47 Å². The molecule has 9 nitrogen and oxygen atoms in total. The van der Waals surface area contributed by atoms with E-state index < -0.39 is 0 Å². The summed E-state index contributed by atoms with van der Waals surface area (Å²) in [5.74, 6) is 1.96. The van der Waals surface area contributed by atoms with Crippen LogP contribution in [0.25, 0.3) is 10.9 Å². The zero-order valence-corrected chi connectivity index (χ0v) is 21.2. The van der Waals surface area contributed by atoms with E-state index in [1.54, 1.807) is 14.2 Å². The molecule has 3 rings (SSSR count). The first-order valence-electron chi connectivity index (χ1n) is 12.3. The number of hydrogen-bond acceptors (Lipinski definition) is 7. The molecule has 0 radical (unpaired) electrons. The molecule has 0 aliphatic rings. The minimum absolute atomic E-state index is 0.00811. The van der Waals surface area contributed by atoms with Crippen molar-refractivity contribution in [1.29, 1.82) is 0 Å². The smallest absolute Gasteiger partial charge is 0.224 e. The number of unbranched alkanes of at least 4 members (excludes halogenated alkanes) is 3. The minimum Gasteiger partial charge on any atom is -0.493 e. The summed E-state index contributed by atoms with van der Waals surface area (Å²) in [6, 6.07) is 11.4. The maximum atomic E-state index is 12.3. The Hall–Kier alpha value is -3.88. The van der Waals surface area contributed by atoms with Gasteiger partial charge in [-0.25, -0.2) is 9.97 Å². The van der Waals surface area contributed by atoms with Crippen LogP contribution in [0.4, 0.5) is 11.5 Å². The highest BCUT2D eigenvalue weighted by atomic mass is 16.5. The number of hydrogen-bond donors (Lipinski definition) is 3. The van der Waals surface area contributed by atoms with Gasteiger partial charge >= 0.3 is 0 Å². The number of ether oxygens (including phenoxy) is 2. The number of amides is 2. The third-order valence-electron chi connectivity index (χ3n) is 5.79. The number of carbonyl (C=O) groups is 2. The van der Waals surface area contributed by atoms with Crippen molar-refractivity contribution < 1.29 is 19.1 Å². The molecule has 0 spiro atoms. The van der Waals surface area contributed by atoms with Gasteiger partial charge in [-0.2, -0.15) is 0 Å². The average Bonchev–Trinajstić information content (AvgIpc) is 2.90. The molecule has 192 valence electrons. The maximum Gasteiger partial charge on any atom is 0.224 e. The van der Waals surface area contributed by atoms with Gasteiger partial charge in [-0.05, 0) is 36.6 Å². The topological polar surface area (TPSA) is 114 Å². The van der Waals surface area contributed by atoms with Crippen molar-refractivity contribution in [2.45, 2.75) is 45.4 Å². The van der Waals surface area contributed by atoms with E-state index in [1.807, 2.05) is 43.3 Å². The summed E-state index contributed by atoms with van der Waals surface area (Å²) in [5.41, 5.74) is 2.52. The number of carbonyl (C=O) groups excluding carboxylic acids is 2. The lowest BCUT2D eigenvalue weighted by Crippen LogP contribution is -2.26. The molecule has 0 fully saturated rings. The van der Waals surface area contributed by atoms with Gasteiger partial charge in [0.1, 0.15) is 12.1 Å². The summed E-state index contributed by atoms with van der Waals surface area (Å²) in [5, 5.41) is 9.98. The lowest BCUT2D eigenvalue weighted by atomic mass is 10.1. The number of nitrogens with zero attached hydrogens (tertiary/aromatic N) is 2. The Labute approximate surface area is 212 Å². The van der Waals surface area contributed by atoms with Crippen LogP contribution >= 0.6 is 0 Å². The van der Waals surface area contributed by atoms with Gasteiger partial charge in [-0.1, -0.05) is 31.9 Å². The van der Waals surface area contributed by atoms with Crippen molar-refractivity contribution in [2.24, 2.45) is 0 Å². The fourth-order valence-electron chi connectivity index (χ4n) is 3.76. The van der Waals surface area contributed by atoms with Crippen LogP contribution in [0.1, 0.15) is 44.6 Å². The highest BCUT2D eigenvalue weighted by Crippen LogP contribution is 2.34. The van der Waals surface area contributed by atoms with E-state index in [9.17, 15) is 9.59 Å². The van der Waals surface area contributed by atoms with Gasteiger partial charge in [0.05, 0.1) is 26.2 Å². The summed E-state index contributed by atoms with van der Waals surface area (Å²) in [7, 11) is 3.18. The number of aromatic nitrogens is 2. The van der Waals surface area contributed by atoms with Gasteiger partial charge < -0.3 is 25.4 Å². The van der Waals surface area contributed by atoms with E-state index in [1.165, 1.54) is 6.33 Å². The van der Waals surface area contributed by atoms with Gasteiger partial charge in [0.25, 0.3) is 0 Å². The third kappa shape index (κ3) is 7.83. The second-order valence-corrected chi connectivity index (χ2v) is 8.41. The molecule has 2 amide bonds. The molecule has 36 heavy (non-hydrogen) atoms. The van der Waals surface area contributed by atoms with Crippen LogP contribution in [0.15, 0.2) is 42.7 Å². The summed E-state index contributed by atoms with van der Waals surface area (Å²) in [6.45, 7) is 3.23. The lowest BCUT2D eigenvalue weighted by Gasteiger charge is -2.12. The molecular formula is C27H35N5O4. The summed E-state index contributed by atoms with van der Waals surface area (Å²) in [4.78, 5) is 32.2. The second kappa shape index (κ2) is 13.9. The molecule has 2 aromatic carbocycles. The van der Waals surface area contributed by atoms with Crippen LogP contribution < -0.4 is 25.4 Å². The molecule has 0 aliphatic heterocycles. The van der Waals surface area contributed by atoms with Crippen molar-refractivity contribution in [3.8, 4) is 11.5 Å². The van der Waals surface area contributed by atoms with Gasteiger partial charge in [0.2, 0.25) is 11.8 Å². The van der Waals surface area contributed by atoms with Crippen molar-refractivity contribution in [3.05, 3.63) is 48.3 Å². The monoisotopic (exact) mass is 493 g/mol. The van der Waals surface area contributed by atoms with E-state index in [0.29, 0.717) is 36.7 Å². The van der Waals surface area contributed by atoms with Crippen LogP contribution in [0.2, 0.25) is 0 Å². The third-order valence-corrected chi connectivity index (χ3v) is 5.79. The predicted octanol–water partition coefficient (Wildman–Crippen LogP) is 4.14. The highest BCUT2D eigenvalue weighted by molar-refractivity contribution is 5.93. The highest BCUT2D eigenvalue weighted by Gasteiger charge is 2.11. The fourth-order valence-corrected chi connectivity index (χ4v) is 3.76. The molecule has 1 aromatic heterocycles. The standard InChI is InChI=1S/C27H35N5O4/c1-4-25(33)28-13-7-5-6-8-14-29-26(34)15-19-9-11-20(12-10-19)32-27-21-16-23(35-2)24(36-3)17-22(21)30-18-31-27/h9-12,16-18H,4-8,13-15H2,1-3H3,(H,28,33)(H,29,34)(H,30,31,32). The first-order valence-corrected chi connectivity index (χ1v) is 12.3. The molecule has 1 heterocycles.